The number of aryl methyl sites for hydroxylation is 1. The van der Waals surface area contributed by atoms with Crippen molar-refractivity contribution in [1.29, 1.82) is 0 Å². The summed E-state index contributed by atoms with van der Waals surface area (Å²) in [5, 5.41) is 2.97. The van der Waals surface area contributed by atoms with Gasteiger partial charge < -0.3 is 24.7 Å². The minimum absolute atomic E-state index is 0.285. The fourth-order valence-electron chi connectivity index (χ4n) is 3.33. The predicted molar refractivity (Wildman–Crippen MR) is 104 cm³/mol. The van der Waals surface area contributed by atoms with Crippen LogP contribution in [0.15, 0.2) is 24.3 Å². The number of ether oxygens (including phenoxy) is 2. The molecule has 2 heterocycles. The number of nitrogens with one attached hydrogen (secondary N) is 2. The highest BCUT2D eigenvalue weighted by Gasteiger charge is 2.24. The first-order valence-corrected chi connectivity index (χ1v) is 9.12. The largest absolute Gasteiger partial charge is 0.462 e. The van der Waals surface area contributed by atoms with Gasteiger partial charge in [-0.1, -0.05) is 12.1 Å². The number of rotatable bonds is 5. The van der Waals surface area contributed by atoms with E-state index in [1.165, 1.54) is 0 Å². The lowest BCUT2D eigenvalue weighted by molar-refractivity contribution is 0.0525. The molecule has 0 bridgehead atoms. The van der Waals surface area contributed by atoms with Crippen molar-refractivity contribution in [2.45, 2.75) is 20.8 Å². The van der Waals surface area contributed by atoms with Gasteiger partial charge in [-0.2, -0.15) is 0 Å². The smallest absolute Gasteiger partial charge is 0.340 e. The number of benzene rings is 1. The van der Waals surface area contributed by atoms with Crippen molar-refractivity contribution < 1.29 is 19.1 Å². The van der Waals surface area contributed by atoms with Crippen LogP contribution in [0.25, 0.3) is 0 Å². The van der Waals surface area contributed by atoms with E-state index in [1.807, 2.05) is 24.3 Å². The molecule has 7 nitrogen and oxygen atoms in total. The second kappa shape index (κ2) is 8.26. The number of aromatic amines is 1. The zero-order valence-electron chi connectivity index (χ0n) is 15.9. The fraction of sp³-hybridized carbons (Fsp3) is 0.400. The zero-order chi connectivity index (χ0) is 19.4. The highest BCUT2D eigenvalue weighted by molar-refractivity contribution is 6.08. The van der Waals surface area contributed by atoms with Crippen molar-refractivity contribution in [2.24, 2.45) is 0 Å². The summed E-state index contributed by atoms with van der Waals surface area (Å²) in [6.07, 6.45) is 0. The molecule has 3 rings (SSSR count). The number of esters is 1. The van der Waals surface area contributed by atoms with Crippen LogP contribution in [0.3, 0.4) is 0 Å². The standard InChI is InChI=1S/C20H25N3O4/c1-4-27-20(25)17-13(2)18(21-14(17)3)19(24)22-15-7-5-6-8-16(15)23-9-11-26-12-10-23/h5-8,21H,4,9-12H2,1-3H3,(H,22,24). The van der Waals surface area contributed by atoms with E-state index >= 15 is 0 Å². The lowest BCUT2D eigenvalue weighted by atomic mass is 10.1. The van der Waals surface area contributed by atoms with E-state index in [0.717, 1.165) is 24.5 Å². The molecule has 2 N–H and O–H groups in total. The van der Waals surface area contributed by atoms with Gasteiger partial charge in [-0.3, -0.25) is 4.79 Å². The van der Waals surface area contributed by atoms with Gasteiger partial charge in [-0.15, -0.1) is 0 Å². The van der Waals surface area contributed by atoms with Gasteiger partial charge in [0.05, 0.1) is 36.8 Å². The van der Waals surface area contributed by atoms with Gasteiger partial charge in [0.15, 0.2) is 0 Å². The Bertz CT molecular complexity index is 838. The predicted octanol–water partition coefficient (Wildman–Crippen LogP) is 2.90. The maximum atomic E-state index is 12.9. The molecule has 0 saturated carbocycles. The van der Waals surface area contributed by atoms with Crippen LogP contribution in [0.5, 0.6) is 0 Å². The molecule has 1 saturated heterocycles. The topological polar surface area (TPSA) is 83.7 Å². The number of hydrogen-bond acceptors (Lipinski definition) is 5. The summed E-state index contributed by atoms with van der Waals surface area (Å²) in [7, 11) is 0. The van der Waals surface area contributed by atoms with Gasteiger partial charge in [0.1, 0.15) is 5.69 Å². The molecule has 1 aliphatic heterocycles. The summed E-state index contributed by atoms with van der Waals surface area (Å²) in [6.45, 7) is 8.44. The number of para-hydroxylation sites is 2. The first-order valence-electron chi connectivity index (χ1n) is 9.12. The minimum atomic E-state index is -0.420. The highest BCUT2D eigenvalue weighted by Crippen LogP contribution is 2.27. The number of hydrogen-bond donors (Lipinski definition) is 2. The molecule has 1 fully saturated rings. The van der Waals surface area contributed by atoms with Crippen LogP contribution in [0.2, 0.25) is 0 Å². The fourth-order valence-corrected chi connectivity index (χ4v) is 3.33. The molecule has 0 atom stereocenters. The van der Waals surface area contributed by atoms with E-state index in [1.54, 1.807) is 20.8 Å². The Kier molecular flexibility index (Phi) is 5.81. The minimum Gasteiger partial charge on any atom is -0.462 e. The third-order valence-electron chi connectivity index (χ3n) is 4.65. The SMILES string of the molecule is CCOC(=O)c1c(C)[nH]c(C(=O)Nc2ccccc2N2CCOCC2)c1C. The van der Waals surface area contributed by atoms with E-state index in [4.69, 9.17) is 9.47 Å². The van der Waals surface area contributed by atoms with Crippen LogP contribution in [0, 0.1) is 13.8 Å². The Morgan fingerprint density at radius 3 is 2.63 bits per heavy atom. The number of carbonyl (C=O) groups is 2. The van der Waals surface area contributed by atoms with Crippen LogP contribution in [-0.2, 0) is 9.47 Å². The van der Waals surface area contributed by atoms with Crippen molar-refractivity contribution >= 4 is 23.3 Å². The zero-order valence-corrected chi connectivity index (χ0v) is 15.9. The molecule has 2 aromatic rings. The second-order valence-corrected chi connectivity index (χ2v) is 6.42. The Hall–Kier alpha value is -2.80. The van der Waals surface area contributed by atoms with E-state index in [9.17, 15) is 9.59 Å². The molecule has 0 aliphatic carbocycles. The normalized spacial score (nSPS) is 14.1. The van der Waals surface area contributed by atoms with Gasteiger partial charge in [0.25, 0.3) is 5.91 Å². The average Bonchev–Trinajstić information content (AvgIpc) is 2.97. The molecule has 0 unspecified atom stereocenters. The molecular formula is C20H25N3O4. The first kappa shape index (κ1) is 19.0. The van der Waals surface area contributed by atoms with E-state index in [-0.39, 0.29) is 12.5 Å². The molecule has 7 heteroatoms. The van der Waals surface area contributed by atoms with Crippen molar-refractivity contribution in [2.75, 3.05) is 43.1 Å². The maximum absolute atomic E-state index is 12.9. The Morgan fingerprint density at radius 1 is 1.22 bits per heavy atom. The quantitative estimate of drug-likeness (QED) is 0.790. The molecular weight excluding hydrogens is 346 g/mol. The summed E-state index contributed by atoms with van der Waals surface area (Å²) < 4.78 is 10.5. The van der Waals surface area contributed by atoms with Crippen LogP contribution >= 0.6 is 0 Å². The first-order chi connectivity index (χ1) is 13.0. The molecule has 144 valence electrons. The summed E-state index contributed by atoms with van der Waals surface area (Å²) in [5.74, 6) is -0.705. The molecule has 1 aromatic heterocycles. The van der Waals surface area contributed by atoms with Gasteiger partial charge in [-0.25, -0.2) is 4.79 Å². The number of H-pyrrole nitrogens is 1. The Morgan fingerprint density at radius 2 is 1.93 bits per heavy atom. The third kappa shape index (κ3) is 3.98. The Labute approximate surface area is 158 Å². The van der Waals surface area contributed by atoms with Crippen molar-refractivity contribution in [3.05, 3.63) is 46.8 Å². The molecule has 0 spiro atoms. The van der Waals surface area contributed by atoms with Crippen molar-refractivity contribution in [3.8, 4) is 0 Å². The van der Waals surface area contributed by atoms with Crippen molar-refractivity contribution in [3.63, 3.8) is 0 Å². The van der Waals surface area contributed by atoms with Crippen LogP contribution in [0.1, 0.15) is 39.0 Å². The second-order valence-electron chi connectivity index (χ2n) is 6.42. The van der Waals surface area contributed by atoms with Gasteiger partial charge in [-0.05, 0) is 38.5 Å². The molecule has 1 aliphatic rings. The number of carbonyl (C=O) groups excluding carboxylic acids is 2. The lowest BCUT2D eigenvalue weighted by Gasteiger charge is -2.30. The van der Waals surface area contributed by atoms with Crippen LogP contribution < -0.4 is 10.2 Å². The number of amides is 1. The van der Waals surface area contributed by atoms with Crippen LogP contribution in [-0.4, -0.2) is 49.8 Å². The van der Waals surface area contributed by atoms with E-state index in [2.05, 4.69) is 15.2 Å². The summed E-state index contributed by atoms with van der Waals surface area (Å²) >= 11 is 0. The highest BCUT2D eigenvalue weighted by atomic mass is 16.5. The average molecular weight is 371 g/mol. The Balaban J connectivity index is 1.84. The van der Waals surface area contributed by atoms with Crippen molar-refractivity contribution in [1.82, 2.24) is 4.98 Å². The molecule has 27 heavy (non-hydrogen) atoms. The van der Waals surface area contributed by atoms with E-state index < -0.39 is 5.97 Å². The maximum Gasteiger partial charge on any atom is 0.340 e. The monoisotopic (exact) mass is 371 g/mol. The summed E-state index contributed by atoms with van der Waals surface area (Å²) in [5.41, 5.74) is 3.69. The molecule has 1 aromatic carbocycles. The van der Waals surface area contributed by atoms with Crippen LogP contribution in [0.4, 0.5) is 11.4 Å². The number of anilines is 2. The summed E-state index contributed by atoms with van der Waals surface area (Å²) in [4.78, 5) is 30.2. The number of nitrogens with zero attached hydrogens (tertiary/aromatic N) is 1. The number of aromatic nitrogens is 1. The third-order valence-corrected chi connectivity index (χ3v) is 4.65. The number of morpholine rings is 1. The molecule has 1 amide bonds. The van der Waals surface area contributed by atoms with E-state index in [0.29, 0.717) is 35.7 Å². The summed E-state index contributed by atoms with van der Waals surface area (Å²) in [6, 6.07) is 7.69. The molecule has 0 radical (unpaired) electrons. The van der Waals surface area contributed by atoms with Gasteiger partial charge in [0.2, 0.25) is 0 Å². The van der Waals surface area contributed by atoms with Gasteiger partial charge >= 0.3 is 5.97 Å². The van der Waals surface area contributed by atoms with Gasteiger partial charge in [0, 0.05) is 18.8 Å². The lowest BCUT2D eigenvalue weighted by Crippen LogP contribution is -2.36.